The summed E-state index contributed by atoms with van der Waals surface area (Å²) in [4.78, 5) is 12.7. The summed E-state index contributed by atoms with van der Waals surface area (Å²) in [5.74, 6) is -1.34. The summed E-state index contributed by atoms with van der Waals surface area (Å²) in [6, 6.07) is 3.02. The molecule has 1 spiro atoms. The number of rotatable bonds is 2. The van der Waals surface area contributed by atoms with E-state index in [4.69, 9.17) is 5.11 Å². The third-order valence-corrected chi connectivity index (χ3v) is 3.87. The number of hydrogen-bond acceptors (Lipinski definition) is 2. The summed E-state index contributed by atoms with van der Waals surface area (Å²) in [6.07, 6.45) is -2.29. The number of carboxylic acid groups (broad SMARTS) is 1. The van der Waals surface area contributed by atoms with E-state index in [1.54, 1.807) is 0 Å². The highest BCUT2D eigenvalue weighted by Crippen LogP contribution is 2.54. The minimum Gasteiger partial charge on any atom is -0.478 e. The summed E-state index contributed by atoms with van der Waals surface area (Å²) in [7, 11) is 0. The topological polar surface area (TPSA) is 40.5 Å². The minimum absolute atomic E-state index is 0.303. The van der Waals surface area contributed by atoms with E-state index in [1.807, 2.05) is 4.90 Å². The molecule has 0 atom stereocenters. The second-order valence-corrected chi connectivity index (χ2v) is 5.43. The zero-order valence-electron chi connectivity index (χ0n) is 10.00. The van der Waals surface area contributed by atoms with Gasteiger partial charge in [-0.05, 0) is 31.0 Å². The molecule has 1 saturated heterocycles. The Bertz CT molecular complexity index is 541. The van der Waals surface area contributed by atoms with Gasteiger partial charge in [-0.2, -0.15) is 13.2 Å². The number of halogens is 3. The van der Waals surface area contributed by atoms with Crippen LogP contribution in [-0.2, 0) is 6.18 Å². The van der Waals surface area contributed by atoms with Crippen LogP contribution in [0.2, 0.25) is 0 Å². The SMILES string of the molecule is O=C(O)c1cc(N2CC3(CC3)C2)cc(C(F)(F)F)c1. The smallest absolute Gasteiger partial charge is 0.416 e. The Morgan fingerprint density at radius 3 is 2.32 bits per heavy atom. The van der Waals surface area contributed by atoms with Crippen LogP contribution < -0.4 is 4.90 Å². The number of carboxylic acids is 1. The molecule has 0 aromatic heterocycles. The van der Waals surface area contributed by atoms with Gasteiger partial charge in [0.05, 0.1) is 11.1 Å². The number of carbonyl (C=O) groups is 1. The minimum atomic E-state index is -4.53. The molecule has 1 saturated carbocycles. The zero-order valence-corrected chi connectivity index (χ0v) is 10.00. The van der Waals surface area contributed by atoms with Gasteiger partial charge in [-0.3, -0.25) is 0 Å². The largest absolute Gasteiger partial charge is 0.478 e. The lowest BCUT2D eigenvalue weighted by atomic mass is 9.95. The normalized spacial score (nSPS) is 20.3. The van der Waals surface area contributed by atoms with E-state index in [0.29, 0.717) is 17.2 Å². The van der Waals surface area contributed by atoms with E-state index in [9.17, 15) is 18.0 Å². The first-order valence-corrected chi connectivity index (χ1v) is 6.00. The van der Waals surface area contributed by atoms with E-state index in [-0.39, 0.29) is 5.56 Å². The van der Waals surface area contributed by atoms with Gasteiger partial charge in [-0.25, -0.2) is 4.79 Å². The number of aromatic carboxylic acids is 1. The van der Waals surface area contributed by atoms with E-state index in [1.165, 1.54) is 6.07 Å². The molecule has 0 amide bonds. The summed E-state index contributed by atoms with van der Waals surface area (Å²) in [5.41, 5.74) is -0.567. The van der Waals surface area contributed by atoms with E-state index in [2.05, 4.69) is 0 Å². The van der Waals surface area contributed by atoms with Crippen LogP contribution in [0.1, 0.15) is 28.8 Å². The molecule has 2 fully saturated rings. The van der Waals surface area contributed by atoms with E-state index < -0.39 is 17.7 Å². The second-order valence-electron chi connectivity index (χ2n) is 5.43. The monoisotopic (exact) mass is 271 g/mol. The maximum Gasteiger partial charge on any atom is 0.416 e. The van der Waals surface area contributed by atoms with Gasteiger partial charge in [0, 0.05) is 24.2 Å². The Labute approximate surface area is 107 Å². The van der Waals surface area contributed by atoms with Crippen molar-refractivity contribution in [2.75, 3.05) is 18.0 Å². The van der Waals surface area contributed by atoms with Gasteiger partial charge in [0.2, 0.25) is 0 Å². The molecule has 1 N–H and O–H groups in total. The highest BCUT2D eigenvalue weighted by atomic mass is 19.4. The van der Waals surface area contributed by atoms with Gasteiger partial charge in [0.25, 0.3) is 0 Å². The van der Waals surface area contributed by atoms with Crippen LogP contribution in [0.15, 0.2) is 18.2 Å². The Kier molecular flexibility index (Phi) is 2.37. The van der Waals surface area contributed by atoms with Crippen LogP contribution in [-0.4, -0.2) is 24.2 Å². The first-order valence-electron chi connectivity index (χ1n) is 6.00. The van der Waals surface area contributed by atoms with Crippen molar-refractivity contribution in [3.05, 3.63) is 29.3 Å². The van der Waals surface area contributed by atoms with E-state index >= 15 is 0 Å². The summed E-state index contributed by atoms with van der Waals surface area (Å²) in [6.45, 7) is 1.46. The lowest BCUT2D eigenvalue weighted by Crippen LogP contribution is -2.48. The van der Waals surface area contributed by atoms with Crippen molar-refractivity contribution in [1.82, 2.24) is 0 Å². The second kappa shape index (κ2) is 3.65. The van der Waals surface area contributed by atoms with Crippen LogP contribution in [0.3, 0.4) is 0 Å². The molecule has 0 radical (unpaired) electrons. The molecule has 3 rings (SSSR count). The fourth-order valence-electron chi connectivity index (χ4n) is 2.52. The molecule has 1 aromatic rings. The first-order chi connectivity index (χ1) is 8.79. The van der Waals surface area contributed by atoms with Crippen molar-refractivity contribution in [3.63, 3.8) is 0 Å². The number of benzene rings is 1. The van der Waals surface area contributed by atoms with Crippen LogP contribution in [0.25, 0.3) is 0 Å². The van der Waals surface area contributed by atoms with Crippen molar-refractivity contribution in [2.24, 2.45) is 5.41 Å². The lowest BCUT2D eigenvalue weighted by Gasteiger charge is -2.42. The summed E-state index contributed by atoms with van der Waals surface area (Å²) >= 11 is 0. The molecule has 0 unspecified atom stereocenters. The van der Waals surface area contributed by atoms with Crippen molar-refractivity contribution in [1.29, 1.82) is 0 Å². The molecular formula is C13H12F3NO2. The Hall–Kier alpha value is -1.72. The predicted molar refractivity (Wildman–Crippen MR) is 62.3 cm³/mol. The van der Waals surface area contributed by atoms with Gasteiger partial charge < -0.3 is 10.0 Å². The van der Waals surface area contributed by atoms with Crippen LogP contribution in [0, 0.1) is 5.41 Å². The highest BCUT2D eigenvalue weighted by Gasteiger charge is 2.52. The van der Waals surface area contributed by atoms with Gasteiger partial charge in [0.15, 0.2) is 0 Å². The molecule has 2 aliphatic rings. The fraction of sp³-hybridized carbons (Fsp3) is 0.462. The third kappa shape index (κ3) is 2.15. The number of alkyl halides is 3. The average molecular weight is 271 g/mol. The Morgan fingerprint density at radius 2 is 1.84 bits per heavy atom. The molecule has 1 aliphatic heterocycles. The van der Waals surface area contributed by atoms with Crippen LogP contribution in [0.4, 0.5) is 18.9 Å². The van der Waals surface area contributed by atoms with Gasteiger partial charge in [-0.1, -0.05) is 0 Å². The molecule has 3 nitrogen and oxygen atoms in total. The number of nitrogens with zero attached hydrogens (tertiary/aromatic N) is 1. The van der Waals surface area contributed by atoms with Crippen molar-refractivity contribution >= 4 is 11.7 Å². The van der Waals surface area contributed by atoms with Crippen LogP contribution in [0.5, 0.6) is 0 Å². The molecule has 102 valence electrons. The molecule has 1 heterocycles. The maximum atomic E-state index is 12.7. The van der Waals surface area contributed by atoms with Gasteiger partial charge in [0.1, 0.15) is 0 Å². The van der Waals surface area contributed by atoms with Crippen molar-refractivity contribution < 1.29 is 23.1 Å². The highest BCUT2D eigenvalue weighted by molar-refractivity contribution is 5.89. The molecule has 1 aliphatic carbocycles. The molecule has 19 heavy (non-hydrogen) atoms. The zero-order chi connectivity index (χ0) is 13.8. The first kappa shape index (κ1) is 12.3. The molecule has 0 bridgehead atoms. The maximum absolute atomic E-state index is 12.7. The molecule has 6 heteroatoms. The Balaban J connectivity index is 1.94. The van der Waals surface area contributed by atoms with E-state index in [0.717, 1.165) is 32.0 Å². The summed E-state index contributed by atoms with van der Waals surface area (Å²) in [5, 5.41) is 8.90. The quantitative estimate of drug-likeness (QED) is 0.899. The Morgan fingerprint density at radius 1 is 1.21 bits per heavy atom. The van der Waals surface area contributed by atoms with Gasteiger partial charge in [-0.15, -0.1) is 0 Å². The van der Waals surface area contributed by atoms with Gasteiger partial charge >= 0.3 is 12.1 Å². The predicted octanol–water partition coefficient (Wildman–Crippen LogP) is 3.00. The average Bonchev–Trinajstić information content (AvgIpc) is 3.05. The molecular weight excluding hydrogens is 259 g/mol. The van der Waals surface area contributed by atoms with Crippen molar-refractivity contribution in [3.8, 4) is 0 Å². The van der Waals surface area contributed by atoms with Crippen molar-refractivity contribution in [2.45, 2.75) is 19.0 Å². The van der Waals surface area contributed by atoms with Crippen LogP contribution >= 0.6 is 0 Å². The lowest BCUT2D eigenvalue weighted by molar-refractivity contribution is -0.137. The third-order valence-electron chi connectivity index (χ3n) is 3.87. The fourth-order valence-corrected chi connectivity index (χ4v) is 2.52. The number of anilines is 1. The summed E-state index contributed by atoms with van der Waals surface area (Å²) < 4.78 is 38.2. The molecule has 1 aromatic carbocycles. The standard InChI is InChI=1S/C13H12F3NO2/c14-13(15,16)9-3-8(11(18)19)4-10(5-9)17-6-12(7-17)1-2-12/h3-5H,1-2,6-7H2,(H,18,19). The number of hydrogen-bond donors (Lipinski definition) is 1.